The molecule has 3 nitrogen and oxygen atoms in total. The van der Waals surface area contributed by atoms with Crippen LogP contribution in [0, 0.1) is 17.8 Å². The number of nitrogens with zero attached hydrogens (tertiary/aromatic N) is 1. The molecule has 0 aromatic rings. The zero-order valence-electron chi connectivity index (χ0n) is 10.5. The van der Waals surface area contributed by atoms with E-state index in [9.17, 15) is 4.79 Å². The second-order valence-corrected chi connectivity index (χ2v) is 5.75. The molecule has 0 aromatic heterocycles. The lowest BCUT2D eigenvalue weighted by Crippen LogP contribution is -2.43. The summed E-state index contributed by atoms with van der Waals surface area (Å²) < 4.78 is 0. The zero-order chi connectivity index (χ0) is 11.7. The summed E-state index contributed by atoms with van der Waals surface area (Å²) in [5.74, 6) is 1.49. The summed E-state index contributed by atoms with van der Waals surface area (Å²) in [6, 6.07) is 0.542. The van der Waals surface area contributed by atoms with Crippen LogP contribution >= 0.6 is 0 Å². The maximum Gasteiger partial charge on any atom is 0.227 e. The Morgan fingerprint density at radius 3 is 2.31 bits per heavy atom. The Morgan fingerprint density at radius 2 is 1.94 bits per heavy atom. The predicted molar refractivity (Wildman–Crippen MR) is 64.8 cm³/mol. The highest BCUT2D eigenvalue weighted by Crippen LogP contribution is 2.36. The minimum atomic E-state index is 0.0272. The van der Waals surface area contributed by atoms with Gasteiger partial charge < -0.3 is 10.6 Å². The summed E-state index contributed by atoms with van der Waals surface area (Å²) >= 11 is 0. The van der Waals surface area contributed by atoms with Gasteiger partial charge in [-0.3, -0.25) is 4.79 Å². The lowest BCUT2D eigenvalue weighted by atomic mass is 9.94. The summed E-state index contributed by atoms with van der Waals surface area (Å²) in [6.45, 7) is 5.67. The number of nitrogens with two attached hydrogens (primary N) is 1. The van der Waals surface area contributed by atoms with E-state index in [4.69, 9.17) is 5.73 Å². The third kappa shape index (κ3) is 2.76. The molecule has 0 saturated heterocycles. The molecule has 0 aromatic carbocycles. The van der Waals surface area contributed by atoms with Crippen molar-refractivity contribution in [1.29, 1.82) is 0 Å². The Bertz CT molecular complexity index is 257. The molecule has 0 bridgehead atoms. The van der Waals surface area contributed by atoms with Crippen molar-refractivity contribution < 1.29 is 4.79 Å². The molecule has 2 saturated carbocycles. The monoisotopic (exact) mass is 224 g/mol. The van der Waals surface area contributed by atoms with E-state index in [1.54, 1.807) is 0 Å². The lowest BCUT2D eigenvalue weighted by molar-refractivity contribution is -0.137. The van der Waals surface area contributed by atoms with E-state index in [1.807, 2.05) is 0 Å². The molecular formula is C13H24N2O. The highest BCUT2D eigenvalue weighted by atomic mass is 16.2. The Balaban J connectivity index is 1.96. The van der Waals surface area contributed by atoms with E-state index >= 15 is 0 Å². The van der Waals surface area contributed by atoms with Gasteiger partial charge in [0.25, 0.3) is 0 Å². The van der Waals surface area contributed by atoms with E-state index in [0.29, 0.717) is 24.4 Å². The van der Waals surface area contributed by atoms with Crippen LogP contribution < -0.4 is 5.73 Å². The summed E-state index contributed by atoms with van der Waals surface area (Å²) in [5.41, 5.74) is 5.73. The van der Waals surface area contributed by atoms with E-state index in [2.05, 4.69) is 18.7 Å². The van der Waals surface area contributed by atoms with Gasteiger partial charge in [-0.15, -0.1) is 0 Å². The molecule has 2 N–H and O–H groups in total. The lowest BCUT2D eigenvalue weighted by Gasteiger charge is -2.28. The average Bonchev–Trinajstić information content (AvgIpc) is 3.08. The largest absolute Gasteiger partial charge is 0.339 e. The van der Waals surface area contributed by atoms with Gasteiger partial charge in [-0.2, -0.15) is 0 Å². The van der Waals surface area contributed by atoms with Gasteiger partial charge in [0.2, 0.25) is 5.91 Å². The van der Waals surface area contributed by atoms with E-state index in [-0.39, 0.29) is 5.92 Å². The summed E-state index contributed by atoms with van der Waals surface area (Å²) in [7, 11) is 0. The van der Waals surface area contributed by atoms with Crippen LogP contribution in [0.5, 0.6) is 0 Å². The van der Waals surface area contributed by atoms with Gasteiger partial charge in [-0.05, 0) is 37.5 Å². The molecule has 0 radical (unpaired) electrons. The van der Waals surface area contributed by atoms with Crippen molar-refractivity contribution in [3.8, 4) is 0 Å². The molecule has 3 heteroatoms. The SMILES string of the molecule is CC(C)C(CN)C(=O)N(CC1CC1)C1CC1. The van der Waals surface area contributed by atoms with Gasteiger partial charge in [0.05, 0.1) is 5.92 Å². The molecule has 1 unspecified atom stereocenters. The molecule has 0 spiro atoms. The first-order chi connectivity index (χ1) is 7.63. The topological polar surface area (TPSA) is 46.3 Å². The molecular weight excluding hydrogens is 200 g/mol. The van der Waals surface area contributed by atoms with E-state index < -0.39 is 0 Å². The van der Waals surface area contributed by atoms with Gasteiger partial charge in [0.1, 0.15) is 0 Å². The Labute approximate surface area is 98.4 Å². The van der Waals surface area contributed by atoms with Crippen LogP contribution in [-0.2, 0) is 4.79 Å². The highest BCUT2D eigenvalue weighted by molar-refractivity contribution is 5.80. The molecule has 0 aliphatic heterocycles. The number of hydrogen-bond acceptors (Lipinski definition) is 2. The maximum atomic E-state index is 12.4. The Kier molecular flexibility index (Phi) is 3.53. The summed E-state index contributed by atoms with van der Waals surface area (Å²) in [5, 5.41) is 0. The van der Waals surface area contributed by atoms with Crippen LogP contribution in [0.3, 0.4) is 0 Å². The first kappa shape index (κ1) is 11.9. The molecule has 2 rings (SSSR count). The molecule has 92 valence electrons. The molecule has 1 amide bonds. The summed E-state index contributed by atoms with van der Waals surface area (Å²) in [4.78, 5) is 14.5. The van der Waals surface area contributed by atoms with Crippen molar-refractivity contribution in [3.05, 3.63) is 0 Å². The smallest absolute Gasteiger partial charge is 0.227 e. The van der Waals surface area contributed by atoms with Gasteiger partial charge in [0, 0.05) is 19.1 Å². The number of carbonyl (C=O) groups is 1. The first-order valence-corrected chi connectivity index (χ1v) is 6.64. The van der Waals surface area contributed by atoms with Crippen molar-refractivity contribution in [2.24, 2.45) is 23.5 Å². The Hall–Kier alpha value is -0.570. The fourth-order valence-corrected chi connectivity index (χ4v) is 2.25. The first-order valence-electron chi connectivity index (χ1n) is 6.64. The van der Waals surface area contributed by atoms with Gasteiger partial charge in [-0.25, -0.2) is 0 Å². The van der Waals surface area contributed by atoms with Gasteiger partial charge in [-0.1, -0.05) is 13.8 Å². The highest BCUT2D eigenvalue weighted by Gasteiger charge is 2.39. The fourth-order valence-electron chi connectivity index (χ4n) is 2.25. The molecule has 16 heavy (non-hydrogen) atoms. The van der Waals surface area contributed by atoms with Crippen molar-refractivity contribution in [3.63, 3.8) is 0 Å². The third-order valence-electron chi connectivity index (χ3n) is 3.80. The number of amides is 1. The summed E-state index contributed by atoms with van der Waals surface area (Å²) in [6.07, 6.45) is 5.03. The normalized spacial score (nSPS) is 22.2. The zero-order valence-corrected chi connectivity index (χ0v) is 10.5. The van der Waals surface area contributed by atoms with Crippen molar-refractivity contribution >= 4 is 5.91 Å². The molecule has 2 aliphatic rings. The molecule has 1 atom stereocenters. The van der Waals surface area contributed by atoms with E-state index in [1.165, 1.54) is 25.7 Å². The van der Waals surface area contributed by atoms with Crippen LogP contribution in [0.4, 0.5) is 0 Å². The van der Waals surface area contributed by atoms with Crippen molar-refractivity contribution in [1.82, 2.24) is 4.90 Å². The average molecular weight is 224 g/mol. The number of carbonyl (C=O) groups excluding carboxylic acids is 1. The van der Waals surface area contributed by atoms with Crippen LogP contribution in [0.2, 0.25) is 0 Å². The Morgan fingerprint density at radius 1 is 1.31 bits per heavy atom. The van der Waals surface area contributed by atoms with Crippen LogP contribution in [0.25, 0.3) is 0 Å². The number of rotatable bonds is 6. The van der Waals surface area contributed by atoms with E-state index in [0.717, 1.165) is 12.5 Å². The van der Waals surface area contributed by atoms with Crippen LogP contribution in [-0.4, -0.2) is 29.9 Å². The van der Waals surface area contributed by atoms with Crippen molar-refractivity contribution in [2.45, 2.75) is 45.6 Å². The fraction of sp³-hybridized carbons (Fsp3) is 0.923. The van der Waals surface area contributed by atoms with Gasteiger partial charge in [0.15, 0.2) is 0 Å². The third-order valence-corrected chi connectivity index (χ3v) is 3.80. The standard InChI is InChI=1S/C13H24N2O/c1-9(2)12(7-14)13(16)15(11-5-6-11)8-10-3-4-10/h9-12H,3-8,14H2,1-2H3. The predicted octanol–water partition coefficient (Wildman–Crippen LogP) is 1.62. The quantitative estimate of drug-likeness (QED) is 0.745. The maximum absolute atomic E-state index is 12.4. The van der Waals surface area contributed by atoms with Crippen molar-refractivity contribution in [2.75, 3.05) is 13.1 Å². The second-order valence-electron chi connectivity index (χ2n) is 5.75. The van der Waals surface area contributed by atoms with Gasteiger partial charge >= 0.3 is 0 Å². The van der Waals surface area contributed by atoms with Crippen LogP contribution in [0.15, 0.2) is 0 Å². The second kappa shape index (κ2) is 4.74. The van der Waals surface area contributed by atoms with Crippen LogP contribution in [0.1, 0.15) is 39.5 Å². The minimum Gasteiger partial charge on any atom is -0.339 e. The molecule has 2 fully saturated rings. The molecule has 0 heterocycles. The molecule has 2 aliphatic carbocycles. The minimum absolute atomic E-state index is 0.0272. The number of hydrogen-bond donors (Lipinski definition) is 1.